The first-order valence-electron chi connectivity index (χ1n) is 4.11. The zero-order chi connectivity index (χ0) is 10.4. The number of esters is 1. The number of benzene rings is 1. The minimum Gasteiger partial charge on any atom is -0.441 e. The molecule has 0 heterocycles. The largest absolute Gasteiger partial charge is 0.441 e. The van der Waals surface area contributed by atoms with Crippen molar-refractivity contribution in [1.29, 1.82) is 0 Å². The summed E-state index contributed by atoms with van der Waals surface area (Å²) in [6, 6.07) is 8.63. The first kappa shape index (κ1) is 10.2. The number of nitrogens with zero attached hydrogens (tertiary/aromatic N) is 1. The highest BCUT2D eigenvalue weighted by Gasteiger charge is 2.05. The summed E-state index contributed by atoms with van der Waals surface area (Å²) in [5.74, 6) is -0.431. The Morgan fingerprint density at radius 3 is 2.64 bits per heavy atom. The molecular weight excluding hydrogens is 182 g/mol. The van der Waals surface area contributed by atoms with Gasteiger partial charge in [-0.05, 0) is 12.1 Å². The molecule has 0 bridgehead atoms. The van der Waals surface area contributed by atoms with Crippen molar-refractivity contribution in [1.82, 2.24) is 4.90 Å². The maximum atomic E-state index is 11.3. The summed E-state index contributed by atoms with van der Waals surface area (Å²) in [6.07, 6.45) is 0.596. The third kappa shape index (κ3) is 2.90. The SMILES string of the molecule is CN(C=O)COC(=O)c1ccccc1. The van der Waals surface area contributed by atoms with Crippen molar-refractivity contribution in [3.05, 3.63) is 35.9 Å². The van der Waals surface area contributed by atoms with Crippen LogP contribution in [0.25, 0.3) is 0 Å². The average Bonchev–Trinajstić information content (AvgIpc) is 2.26. The van der Waals surface area contributed by atoms with Crippen molar-refractivity contribution < 1.29 is 14.3 Å². The van der Waals surface area contributed by atoms with E-state index in [0.717, 1.165) is 0 Å². The highest BCUT2D eigenvalue weighted by Crippen LogP contribution is 2.00. The molecule has 0 saturated carbocycles. The molecule has 0 aliphatic rings. The van der Waals surface area contributed by atoms with Crippen LogP contribution in [0.2, 0.25) is 0 Å². The number of carbonyl (C=O) groups is 2. The van der Waals surface area contributed by atoms with E-state index < -0.39 is 5.97 Å². The van der Waals surface area contributed by atoms with Gasteiger partial charge in [-0.2, -0.15) is 0 Å². The molecule has 74 valence electrons. The fraction of sp³-hybridized carbons (Fsp3) is 0.200. The van der Waals surface area contributed by atoms with E-state index in [0.29, 0.717) is 12.0 Å². The second kappa shape index (κ2) is 5.01. The normalized spacial score (nSPS) is 9.21. The van der Waals surface area contributed by atoms with Gasteiger partial charge in [-0.1, -0.05) is 18.2 Å². The summed E-state index contributed by atoms with van der Waals surface area (Å²) < 4.78 is 4.84. The average molecular weight is 193 g/mol. The minimum absolute atomic E-state index is 0.0305. The predicted molar refractivity (Wildman–Crippen MR) is 50.6 cm³/mol. The summed E-state index contributed by atoms with van der Waals surface area (Å²) in [6.45, 7) is -0.0305. The third-order valence-corrected chi connectivity index (χ3v) is 1.59. The van der Waals surface area contributed by atoms with Crippen LogP contribution >= 0.6 is 0 Å². The molecule has 0 aromatic heterocycles. The smallest absolute Gasteiger partial charge is 0.339 e. The molecule has 0 aliphatic carbocycles. The fourth-order valence-corrected chi connectivity index (χ4v) is 0.848. The second-order valence-corrected chi connectivity index (χ2v) is 2.79. The van der Waals surface area contributed by atoms with E-state index in [1.165, 1.54) is 11.9 Å². The number of hydrogen-bond acceptors (Lipinski definition) is 3. The van der Waals surface area contributed by atoms with Crippen molar-refractivity contribution in [2.45, 2.75) is 0 Å². The molecule has 0 N–H and O–H groups in total. The Kier molecular flexibility index (Phi) is 3.67. The topological polar surface area (TPSA) is 46.6 Å². The standard InChI is InChI=1S/C10H11NO3/c1-11(7-12)8-14-10(13)9-5-3-2-4-6-9/h2-7H,8H2,1H3. The van der Waals surface area contributed by atoms with Gasteiger partial charge in [0.15, 0.2) is 6.73 Å². The van der Waals surface area contributed by atoms with Crippen LogP contribution in [0.1, 0.15) is 10.4 Å². The lowest BCUT2D eigenvalue weighted by molar-refractivity contribution is -0.120. The monoisotopic (exact) mass is 193 g/mol. The Balaban J connectivity index is 2.47. The van der Waals surface area contributed by atoms with Crippen LogP contribution in [0.3, 0.4) is 0 Å². The van der Waals surface area contributed by atoms with E-state index in [4.69, 9.17) is 4.74 Å². The van der Waals surface area contributed by atoms with E-state index in [9.17, 15) is 9.59 Å². The first-order valence-corrected chi connectivity index (χ1v) is 4.11. The summed E-state index contributed by atoms with van der Waals surface area (Å²) in [7, 11) is 1.53. The Morgan fingerprint density at radius 2 is 2.07 bits per heavy atom. The summed E-state index contributed by atoms with van der Waals surface area (Å²) in [5.41, 5.74) is 0.479. The highest BCUT2D eigenvalue weighted by molar-refractivity contribution is 5.89. The number of hydrogen-bond donors (Lipinski definition) is 0. The van der Waals surface area contributed by atoms with E-state index in [1.807, 2.05) is 6.07 Å². The van der Waals surface area contributed by atoms with Crippen LogP contribution in [-0.2, 0) is 9.53 Å². The maximum absolute atomic E-state index is 11.3. The Bertz CT molecular complexity index is 310. The Labute approximate surface area is 82.1 Å². The quantitative estimate of drug-likeness (QED) is 0.405. The van der Waals surface area contributed by atoms with Gasteiger partial charge in [0.1, 0.15) is 0 Å². The van der Waals surface area contributed by atoms with Crippen molar-refractivity contribution in [2.75, 3.05) is 13.8 Å². The lowest BCUT2D eigenvalue weighted by Gasteiger charge is -2.10. The molecule has 1 amide bonds. The van der Waals surface area contributed by atoms with Crippen LogP contribution in [0.5, 0.6) is 0 Å². The number of amides is 1. The van der Waals surface area contributed by atoms with Crippen molar-refractivity contribution in [3.63, 3.8) is 0 Å². The van der Waals surface area contributed by atoms with Gasteiger partial charge in [-0.15, -0.1) is 0 Å². The molecule has 0 saturated heterocycles. The first-order chi connectivity index (χ1) is 6.74. The van der Waals surface area contributed by atoms with Gasteiger partial charge in [-0.3, -0.25) is 4.79 Å². The molecule has 1 rings (SSSR count). The summed E-state index contributed by atoms with van der Waals surface area (Å²) in [4.78, 5) is 22.7. The van der Waals surface area contributed by atoms with Gasteiger partial charge < -0.3 is 9.64 Å². The number of rotatable bonds is 4. The van der Waals surface area contributed by atoms with Gasteiger partial charge in [0, 0.05) is 7.05 Å². The third-order valence-electron chi connectivity index (χ3n) is 1.59. The zero-order valence-electron chi connectivity index (χ0n) is 7.84. The maximum Gasteiger partial charge on any atom is 0.339 e. The van der Waals surface area contributed by atoms with Gasteiger partial charge in [0.25, 0.3) is 0 Å². The highest BCUT2D eigenvalue weighted by atomic mass is 16.5. The molecule has 0 spiro atoms. The van der Waals surface area contributed by atoms with Crippen LogP contribution in [0.4, 0.5) is 0 Å². The molecule has 0 radical (unpaired) electrons. The van der Waals surface area contributed by atoms with Crippen LogP contribution in [0, 0.1) is 0 Å². The molecule has 4 nitrogen and oxygen atoms in total. The predicted octanol–water partition coefficient (Wildman–Crippen LogP) is 0.889. The van der Waals surface area contributed by atoms with Crippen LogP contribution < -0.4 is 0 Å². The van der Waals surface area contributed by atoms with E-state index >= 15 is 0 Å². The molecule has 14 heavy (non-hydrogen) atoms. The van der Waals surface area contributed by atoms with E-state index in [-0.39, 0.29) is 6.73 Å². The summed E-state index contributed by atoms with van der Waals surface area (Å²) in [5, 5.41) is 0. The Morgan fingerprint density at radius 1 is 1.43 bits per heavy atom. The van der Waals surface area contributed by atoms with Crippen LogP contribution in [-0.4, -0.2) is 31.1 Å². The lowest BCUT2D eigenvalue weighted by atomic mass is 10.2. The Hall–Kier alpha value is -1.84. The van der Waals surface area contributed by atoms with Gasteiger partial charge >= 0.3 is 5.97 Å². The van der Waals surface area contributed by atoms with Gasteiger partial charge in [0.05, 0.1) is 5.56 Å². The molecule has 0 aliphatic heterocycles. The van der Waals surface area contributed by atoms with Crippen molar-refractivity contribution in [3.8, 4) is 0 Å². The molecule has 4 heteroatoms. The van der Waals surface area contributed by atoms with Crippen molar-refractivity contribution >= 4 is 12.4 Å². The van der Waals surface area contributed by atoms with Crippen LogP contribution in [0.15, 0.2) is 30.3 Å². The molecule has 0 fully saturated rings. The molecular formula is C10H11NO3. The van der Waals surface area contributed by atoms with E-state index in [1.54, 1.807) is 24.3 Å². The lowest BCUT2D eigenvalue weighted by Crippen LogP contribution is -2.22. The van der Waals surface area contributed by atoms with E-state index in [2.05, 4.69) is 0 Å². The zero-order valence-corrected chi connectivity index (χ0v) is 7.84. The fourth-order valence-electron chi connectivity index (χ4n) is 0.848. The van der Waals surface area contributed by atoms with Crippen molar-refractivity contribution in [2.24, 2.45) is 0 Å². The summed E-state index contributed by atoms with van der Waals surface area (Å²) >= 11 is 0. The van der Waals surface area contributed by atoms with Gasteiger partial charge in [-0.25, -0.2) is 4.79 Å². The second-order valence-electron chi connectivity index (χ2n) is 2.79. The molecule has 0 unspecified atom stereocenters. The molecule has 1 aromatic rings. The number of ether oxygens (including phenoxy) is 1. The number of carbonyl (C=O) groups excluding carboxylic acids is 2. The molecule has 0 atom stereocenters. The minimum atomic E-state index is -0.431. The molecule has 1 aromatic carbocycles. The van der Waals surface area contributed by atoms with Gasteiger partial charge in [0.2, 0.25) is 6.41 Å².